The van der Waals surface area contributed by atoms with Crippen molar-refractivity contribution < 1.29 is 9.50 Å². The summed E-state index contributed by atoms with van der Waals surface area (Å²) >= 11 is 3.14. The molecule has 0 saturated heterocycles. The predicted octanol–water partition coefficient (Wildman–Crippen LogP) is 4.23. The second-order valence-corrected chi connectivity index (χ2v) is 4.98. The highest BCUT2D eigenvalue weighted by molar-refractivity contribution is 9.10. The van der Waals surface area contributed by atoms with Gasteiger partial charge in [0.15, 0.2) is 0 Å². The van der Waals surface area contributed by atoms with Gasteiger partial charge in [0, 0.05) is 0 Å². The number of aryl methyl sites for hydroxylation is 1. The monoisotopic (exact) mass is 308 g/mol. The van der Waals surface area contributed by atoms with E-state index in [0.29, 0.717) is 10.0 Å². The van der Waals surface area contributed by atoms with E-state index in [2.05, 4.69) is 15.9 Å². The number of hydrogen-bond donors (Lipinski definition) is 1. The number of aliphatic hydroxyl groups is 1. The minimum absolute atomic E-state index is 0.324. The quantitative estimate of drug-likeness (QED) is 0.899. The molecule has 0 heterocycles. The maximum Gasteiger partial charge on any atom is 0.137 e. The van der Waals surface area contributed by atoms with Gasteiger partial charge in [-0.2, -0.15) is 0 Å². The smallest absolute Gasteiger partial charge is 0.137 e. The third-order valence-corrected chi connectivity index (χ3v) is 3.60. The van der Waals surface area contributed by atoms with Crippen LogP contribution in [-0.2, 0) is 6.42 Å². The van der Waals surface area contributed by atoms with Crippen molar-refractivity contribution in [2.45, 2.75) is 19.4 Å². The second kappa shape index (κ2) is 5.63. The Bertz CT molecular complexity index is 554. The van der Waals surface area contributed by atoms with Crippen molar-refractivity contribution >= 4 is 15.9 Å². The van der Waals surface area contributed by atoms with Gasteiger partial charge in [-0.25, -0.2) is 4.39 Å². The molecule has 0 aliphatic rings. The first-order valence-electron chi connectivity index (χ1n) is 5.84. The van der Waals surface area contributed by atoms with Crippen LogP contribution in [0, 0.1) is 5.82 Å². The Kier molecular flexibility index (Phi) is 4.15. The average Bonchev–Trinajstić information content (AvgIpc) is 2.41. The van der Waals surface area contributed by atoms with Crippen LogP contribution >= 0.6 is 15.9 Å². The molecule has 1 nitrogen and oxygen atoms in total. The third kappa shape index (κ3) is 2.62. The van der Waals surface area contributed by atoms with Crippen LogP contribution in [0.5, 0.6) is 0 Å². The average molecular weight is 309 g/mol. The third-order valence-electron chi connectivity index (χ3n) is 2.99. The molecule has 2 aromatic carbocycles. The van der Waals surface area contributed by atoms with Crippen molar-refractivity contribution in [2.75, 3.05) is 0 Å². The SMILES string of the molecule is CCc1ccccc1C(O)c1ccc(F)c(Br)c1. The molecule has 0 bridgehead atoms. The van der Waals surface area contributed by atoms with Crippen LogP contribution in [0.25, 0.3) is 0 Å². The molecule has 0 saturated carbocycles. The number of aliphatic hydroxyl groups excluding tert-OH is 1. The lowest BCUT2D eigenvalue weighted by atomic mass is 9.96. The fourth-order valence-electron chi connectivity index (χ4n) is 1.98. The van der Waals surface area contributed by atoms with Gasteiger partial charge in [-0.1, -0.05) is 37.3 Å². The predicted molar refractivity (Wildman–Crippen MR) is 74.0 cm³/mol. The van der Waals surface area contributed by atoms with Gasteiger partial charge in [0.25, 0.3) is 0 Å². The zero-order valence-corrected chi connectivity index (χ0v) is 11.6. The largest absolute Gasteiger partial charge is 0.384 e. The number of hydrogen-bond acceptors (Lipinski definition) is 1. The lowest BCUT2D eigenvalue weighted by Gasteiger charge is -2.15. The Morgan fingerprint density at radius 2 is 1.94 bits per heavy atom. The maximum absolute atomic E-state index is 13.2. The van der Waals surface area contributed by atoms with Crippen LogP contribution < -0.4 is 0 Å². The zero-order chi connectivity index (χ0) is 13.1. The molecule has 0 amide bonds. The maximum atomic E-state index is 13.2. The van der Waals surface area contributed by atoms with E-state index in [0.717, 1.165) is 17.5 Å². The van der Waals surface area contributed by atoms with Crippen LogP contribution in [0.15, 0.2) is 46.9 Å². The number of rotatable bonds is 3. The Morgan fingerprint density at radius 1 is 1.22 bits per heavy atom. The van der Waals surface area contributed by atoms with Crippen molar-refractivity contribution in [3.05, 3.63) is 69.4 Å². The van der Waals surface area contributed by atoms with Gasteiger partial charge in [-0.15, -0.1) is 0 Å². The summed E-state index contributed by atoms with van der Waals surface area (Å²) in [4.78, 5) is 0. The summed E-state index contributed by atoms with van der Waals surface area (Å²) in [5, 5.41) is 10.4. The summed E-state index contributed by atoms with van der Waals surface area (Å²) in [6.07, 6.45) is 0.133. The molecule has 0 spiro atoms. The molecule has 0 aliphatic carbocycles. The van der Waals surface area contributed by atoms with Gasteiger partial charge in [-0.3, -0.25) is 0 Å². The normalized spacial score (nSPS) is 12.4. The molecule has 0 fully saturated rings. The Labute approximate surface area is 114 Å². The number of halogens is 2. The summed E-state index contributed by atoms with van der Waals surface area (Å²) in [5.41, 5.74) is 2.66. The first-order valence-corrected chi connectivity index (χ1v) is 6.63. The van der Waals surface area contributed by atoms with Gasteiger partial charge in [0.05, 0.1) is 4.47 Å². The molecule has 18 heavy (non-hydrogen) atoms. The van der Waals surface area contributed by atoms with Gasteiger partial charge < -0.3 is 5.11 Å². The summed E-state index contributed by atoms with van der Waals surface area (Å²) < 4.78 is 13.6. The standard InChI is InChI=1S/C15H14BrFO/c1-2-10-5-3-4-6-12(10)15(18)11-7-8-14(17)13(16)9-11/h3-9,15,18H,2H2,1H3. The van der Waals surface area contributed by atoms with E-state index >= 15 is 0 Å². The minimum atomic E-state index is -0.724. The summed E-state index contributed by atoms with van der Waals surface area (Å²) in [5.74, 6) is -0.324. The highest BCUT2D eigenvalue weighted by Gasteiger charge is 2.14. The lowest BCUT2D eigenvalue weighted by molar-refractivity contribution is 0.219. The Morgan fingerprint density at radius 3 is 2.61 bits per heavy atom. The van der Waals surface area contributed by atoms with E-state index in [-0.39, 0.29) is 5.82 Å². The van der Waals surface area contributed by atoms with Gasteiger partial charge in [-0.05, 0) is 51.2 Å². The molecule has 1 N–H and O–H groups in total. The first-order chi connectivity index (χ1) is 8.63. The van der Waals surface area contributed by atoms with E-state index < -0.39 is 6.10 Å². The Balaban J connectivity index is 2.41. The molecular weight excluding hydrogens is 295 g/mol. The van der Waals surface area contributed by atoms with Crippen LogP contribution in [0.4, 0.5) is 4.39 Å². The van der Waals surface area contributed by atoms with Crippen LogP contribution in [0.3, 0.4) is 0 Å². The van der Waals surface area contributed by atoms with Crippen LogP contribution in [0.2, 0.25) is 0 Å². The van der Waals surface area contributed by atoms with Crippen molar-refractivity contribution in [1.82, 2.24) is 0 Å². The lowest BCUT2D eigenvalue weighted by Crippen LogP contribution is -2.03. The molecule has 1 unspecified atom stereocenters. The van der Waals surface area contributed by atoms with E-state index in [1.54, 1.807) is 12.1 Å². The summed E-state index contributed by atoms with van der Waals surface area (Å²) in [7, 11) is 0. The van der Waals surface area contributed by atoms with E-state index in [9.17, 15) is 9.50 Å². The second-order valence-electron chi connectivity index (χ2n) is 4.13. The Hall–Kier alpha value is -1.19. The molecule has 0 aliphatic heterocycles. The minimum Gasteiger partial charge on any atom is -0.384 e. The molecule has 2 rings (SSSR count). The van der Waals surface area contributed by atoms with Crippen molar-refractivity contribution in [3.63, 3.8) is 0 Å². The van der Waals surface area contributed by atoms with E-state index in [1.165, 1.54) is 6.07 Å². The van der Waals surface area contributed by atoms with Crippen molar-refractivity contribution in [1.29, 1.82) is 0 Å². The van der Waals surface area contributed by atoms with E-state index in [1.807, 2.05) is 31.2 Å². The highest BCUT2D eigenvalue weighted by atomic mass is 79.9. The zero-order valence-electron chi connectivity index (χ0n) is 10.0. The highest BCUT2D eigenvalue weighted by Crippen LogP contribution is 2.28. The molecule has 94 valence electrons. The molecule has 3 heteroatoms. The van der Waals surface area contributed by atoms with Gasteiger partial charge in [0.1, 0.15) is 11.9 Å². The summed E-state index contributed by atoms with van der Waals surface area (Å²) in [6, 6.07) is 12.3. The fraction of sp³-hybridized carbons (Fsp3) is 0.200. The molecular formula is C15H14BrFO. The van der Waals surface area contributed by atoms with Crippen molar-refractivity contribution in [3.8, 4) is 0 Å². The van der Waals surface area contributed by atoms with Crippen LogP contribution in [0.1, 0.15) is 29.7 Å². The molecule has 0 radical (unpaired) electrons. The molecule has 0 aromatic heterocycles. The van der Waals surface area contributed by atoms with Gasteiger partial charge in [0.2, 0.25) is 0 Å². The van der Waals surface area contributed by atoms with Crippen molar-refractivity contribution in [2.24, 2.45) is 0 Å². The van der Waals surface area contributed by atoms with Gasteiger partial charge >= 0.3 is 0 Å². The van der Waals surface area contributed by atoms with E-state index in [4.69, 9.17) is 0 Å². The first kappa shape index (κ1) is 13.2. The fourth-order valence-corrected chi connectivity index (χ4v) is 2.38. The number of benzene rings is 2. The molecule has 2 aromatic rings. The topological polar surface area (TPSA) is 20.2 Å². The summed E-state index contributed by atoms with van der Waals surface area (Å²) in [6.45, 7) is 2.05. The molecule has 1 atom stereocenters. The van der Waals surface area contributed by atoms with Crippen LogP contribution in [-0.4, -0.2) is 5.11 Å².